The Morgan fingerprint density at radius 3 is 2.71 bits per heavy atom. The van der Waals surface area contributed by atoms with E-state index in [4.69, 9.17) is 17.0 Å². The zero-order chi connectivity index (χ0) is 15.1. The predicted octanol–water partition coefficient (Wildman–Crippen LogP) is 0.895. The summed E-state index contributed by atoms with van der Waals surface area (Å²) in [5, 5.41) is 7.23. The maximum atomic E-state index is 5.36. The van der Waals surface area contributed by atoms with Crippen molar-refractivity contribution < 1.29 is 9.64 Å². The molecule has 116 valence electrons. The summed E-state index contributed by atoms with van der Waals surface area (Å²) in [5.74, 6) is 0. The highest BCUT2D eigenvalue weighted by Crippen LogP contribution is 2.13. The number of thiocarbonyl (C=S) groups is 1. The predicted molar refractivity (Wildman–Crippen MR) is 91.1 cm³/mol. The second kappa shape index (κ2) is 8.32. The molecule has 4 nitrogen and oxygen atoms in total. The molecular formula is C16H26N3OS+. The lowest BCUT2D eigenvalue weighted by molar-refractivity contribution is -0.908. The Morgan fingerprint density at radius 1 is 1.24 bits per heavy atom. The van der Waals surface area contributed by atoms with E-state index in [1.807, 2.05) is 0 Å². The molecule has 1 aliphatic rings. The van der Waals surface area contributed by atoms with E-state index in [0.29, 0.717) is 5.11 Å². The molecule has 0 aromatic heterocycles. The molecule has 1 saturated heterocycles. The topological polar surface area (TPSA) is 37.7 Å². The summed E-state index contributed by atoms with van der Waals surface area (Å²) in [5.41, 5.74) is 3.63. The quantitative estimate of drug-likeness (QED) is 0.558. The number of quaternary nitrogens is 1. The fourth-order valence-electron chi connectivity index (χ4n) is 2.44. The molecule has 2 rings (SSSR count). The SMILES string of the molecule is Cc1ccc(NC(=S)NCCC[NH+]2CCOCC2)cc1C. The Morgan fingerprint density at radius 2 is 2.00 bits per heavy atom. The smallest absolute Gasteiger partial charge is 0.170 e. The van der Waals surface area contributed by atoms with Gasteiger partial charge in [0.15, 0.2) is 5.11 Å². The van der Waals surface area contributed by atoms with Gasteiger partial charge in [0.2, 0.25) is 0 Å². The summed E-state index contributed by atoms with van der Waals surface area (Å²) in [6.45, 7) is 10.4. The van der Waals surface area contributed by atoms with Crippen LogP contribution in [0.15, 0.2) is 18.2 Å². The third-order valence-electron chi connectivity index (χ3n) is 3.96. The molecule has 0 spiro atoms. The van der Waals surface area contributed by atoms with E-state index in [2.05, 4.69) is 42.7 Å². The van der Waals surface area contributed by atoms with Crippen LogP contribution in [-0.2, 0) is 4.74 Å². The second-order valence-corrected chi connectivity index (χ2v) is 6.05. The first-order valence-electron chi connectivity index (χ1n) is 7.68. The Hall–Kier alpha value is -1.17. The van der Waals surface area contributed by atoms with Crippen LogP contribution in [0.4, 0.5) is 5.69 Å². The van der Waals surface area contributed by atoms with Crippen LogP contribution in [0.2, 0.25) is 0 Å². The summed E-state index contributed by atoms with van der Waals surface area (Å²) >= 11 is 5.33. The van der Waals surface area contributed by atoms with Crippen molar-refractivity contribution in [2.75, 3.05) is 44.7 Å². The third kappa shape index (κ3) is 5.61. The van der Waals surface area contributed by atoms with Gasteiger partial charge >= 0.3 is 0 Å². The average Bonchev–Trinajstić information content (AvgIpc) is 2.49. The first-order valence-corrected chi connectivity index (χ1v) is 8.09. The molecule has 1 aromatic rings. The molecule has 0 bridgehead atoms. The number of morpholine rings is 1. The van der Waals surface area contributed by atoms with Crippen molar-refractivity contribution in [2.24, 2.45) is 0 Å². The molecule has 0 radical (unpaired) electrons. The molecule has 5 heteroatoms. The van der Waals surface area contributed by atoms with E-state index in [1.54, 1.807) is 4.90 Å². The van der Waals surface area contributed by atoms with E-state index < -0.39 is 0 Å². The number of rotatable bonds is 5. The van der Waals surface area contributed by atoms with Crippen LogP contribution in [0.25, 0.3) is 0 Å². The van der Waals surface area contributed by atoms with Crippen LogP contribution < -0.4 is 15.5 Å². The minimum atomic E-state index is 0.704. The summed E-state index contributed by atoms with van der Waals surface area (Å²) in [6, 6.07) is 6.30. The van der Waals surface area contributed by atoms with E-state index in [0.717, 1.165) is 45.0 Å². The lowest BCUT2D eigenvalue weighted by Crippen LogP contribution is -3.14. The van der Waals surface area contributed by atoms with Crippen molar-refractivity contribution in [3.8, 4) is 0 Å². The zero-order valence-corrected chi connectivity index (χ0v) is 13.8. The van der Waals surface area contributed by atoms with Crippen molar-refractivity contribution in [3.63, 3.8) is 0 Å². The molecule has 0 unspecified atom stereocenters. The van der Waals surface area contributed by atoms with Gasteiger partial charge in [-0.05, 0) is 49.3 Å². The van der Waals surface area contributed by atoms with Crippen LogP contribution in [-0.4, -0.2) is 44.5 Å². The molecule has 1 fully saturated rings. The summed E-state index contributed by atoms with van der Waals surface area (Å²) in [7, 11) is 0. The van der Waals surface area contributed by atoms with E-state index in [9.17, 15) is 0 Å². The number of nitrogens with one attached hydrogen (secondary N) is 3. The monoisotopic (exact) mass is 308 g/mol. The first kappa shape index (κ1) is 16.2. The van der Waals surface area contributed by atoms with Crippen molar-refractivity contribution in [2.45, 2.75) is 20.3 Å². The molecular weight excluding hydrogens is 282 g/mol. The zero-order valence-electron chi connectivity index (χ0n) is 13.0. The Labute approximate surface area is 132 Å². The second-order valence-electron chi connectivity index (χ2n) is 5.65. The molecule has 0 atom stereocenters. The summed E-state index contributed by atoms with van der Waals surface area (Å²) in [4.78, 5) is 1.64. The first-order chi connectivity index (χ1) is 10.1. The molecule has 0 amide bonds. The van der Waals surface area contributed by atoms with Crippen LogP contribution in [0, 0.1) is 13.8 Å². The van der Waals surface area contributed by atoms with Crippen molar-refractivity contribution >= 4 is 23.0 Å². The van der Waals surface area contributed by atoms with Crippen LogP contribution in [0.3, 0.4) is 0 Å². The highest BCUT2D eigenvalue weighted by atomic mass is 32.1. The number of benzene rings is 1. The molecule has 1 heterocycles. The maximum Gasteiger partial charge on any atom is 0.170 e. The van der Waals surface area contributed by atoms with Crippen molar-refractivity contribution in [1.82, 2.24) is 5.32 Å². The fourth-order valence-corrected chi connectivity index (χ4v) is 2.66. The van der Waals surface area contributed by atoms with Gasteiger partial charge in [-0.2, -0.15) is 0 Å². The summed E-state index contributed by atoms with van der Waals surface area (Å²) in [6.07, 6.45) is 1.13. The average molecular weight is 308 g/mol. The number of aryl methyl sites for hydroxylation is 2. The van der Waals surface area contributed by atoms with Gasteiger partial charge in [0.25, 0.3) is 0 Å². The molecule has 1 aliphatic heterocycles. The van der Waals surface area contributed by atoms with Crippen LogP contribution >= 0.6 is 12.2 Å². The van der Waals surface area contributed by atoms with Gasteiger partial charge in [-0.3, -0.25) is 0 Å². The van der Waals surface area contributed by atoms with Gasteiger partial charge in [-0.15, -0.1) is 0 Å². The maximum absolute atomic E-state index is 5.36. The summed E-state index contributed by atoms with van der Waals surface area (Å²) < 4.78 is 5.36. The van der Waals surface area contributed by atoms with Gasteiger partial charge in [0.1, 0.15) is 13.1 Å². The number of ether oxygens (including phenoxy) is 1. The van der Waals surface area contributed by atoms with E-state index in [1.165, 1.54) is 17.7 Å². The highest BCUT2D eigenvalue weighted by Gasteiger charge is 2.12. The van der Waals surface area contributed by atoms with E-state index in [-0.39, 0.29) is 0 Å². The minimum Gasteiger partial charge on any atom is -0.370 e. The van der Waals surface area contributed by atoms with Gasteiger partial charge in [-0.1, -0.05) is 6.07 Å². The lowest BCUT2D eigenvalue weighted by Gasteiger charge is -2.23. The normalized spacial score (nSPS) is 15.7. The number of hydrogen-bond acceptors (Lipinski definition) is 2. The molecule has 21 heavy (non-hydrogen) atoms. The largest absolute Gasteiger partial charge is 0.370 e. The Bertz CT molecular complexity index is 473. The molecule has 0 saturated carbocycles. The number of anilines is 1. The number of hydrogen-bond donors (Lipinski definition) is 3. The fraction of sp³-hybridized carbons (Fsp3) is 0.562. The Balaban J connectivity index is 1.63. The van der Waals surface area contributed by atoms with Crippen molar-refractivity contribution in [1.29, 1.82) is 0 Å². The highest BCUT2D eigenvalue weighted by molar-refractivity contribution is 7.80. The Kier molecular flexibility index (Phi) is 6.42. The van der Waals surface area contributed by atoms with Gasteiger partial charge < -0.3 is 20.3 Å². The molecule has 0 aliphatic carbocycles. The van der Waals surface area contributed by atoms with Crippen LogP contribution in [0.5, 0.6) is 0 Å². The standard InChI is InChI=1S/C16H25N3OS/c1-13-4-5-15(12-14(13)2)18-16(21)17-6-3-7-19-8-10-20-11-9-19/h4-5,12H,3,6-11H2,1-2H3,(H2,17,18,21)/p+1. The third-order valence-corrected chi connectivity index (χ3v) is 4.20. The minimum absolute atomic E-state index is 0.704. The van der Waals surface area contributed by atoms with Crippen LogP contribution in [0.1, 0.15) is 17.5 Å². The van der Waals surface area contributed by atoms with E-state index >= 15 is 0 Å². The van der Waals surface area contributed by atoms with Gasteiger partial charge in [0, 0.05) is 18.7 Å². The van der Waals surface area contributed by atoms with Gasteiger partial charge in [0.05, 0.1) is 19.8 Å². The van der Waals surface area contributed by atoms with Crippen molar-refractivity contribution in [3.05, 3.63) is 29.3 Å². The molecule has 1 aromatic carbocycles. The van der Waals surface area contributed by atoms with Gasteiger partial charge in [-0.25, -0.2) is 0 Å². The lowest BCUT2D eigenvalue weighted by atomic mass is 10.1. The molecule has 3 N–H and O–H groups in total.